The average Bonchev–Trinajstić information content (AvgIpc) is 3.09. The van der Waals surface area contributed by atoms with Gasteiger partial charge in [0, 0.05) is 13.2 Å². The molecule has 0 heterocycles. The first-order valence-electron chi connectivity index (χ1n) is 18.4. The highest BCUT2D eigenvalue weighted by Crippen LogP contribution is 2.06. The minimum Gasteiger partial charge on any atom is -0.444 e. The summed E-state index contributed by atoms with van der Waals surface area (Å²) in [7, 11) is 0. The van der Waals surface area contributed by atoms with E-state index in [0.29, 0.717) is 159 Å². The lowest BCUT2D eigenvalue weighted by molar-refractivity contribution is -0.0283. The molecule has 0 radical (unpaired) electrons. The largest absolute Gasteiger partial charge is 0.444 e. The Balaban J connectivity index is 3.09. The van der Waals surface area contributed by atoms with Crippen LogP contribution in [0, 0.1) is 0 Å². The first kappa shape index (κ1) is 50.5. The normalized spacial score (nSPS) is 11.8. The fourth-order valence-corrected chi connectivity index (χ4v) is 4.25. The zero-order valence-electron chi connectivity index (χ0n) is 31.8. The molecule has 0 aromatic rings. The summed E-state index contributed by atoms with van der Waals surface area (Å²) in [5.41, 5.74) is -0.512. The number of halogens is 1. The Morgan fingerprint density at radius 3 is 0.922 bits per heavy atom. The lowest BCUT2D eigenvalue weighted by Crippen LogP contribution is -2.34. The average molecular weight is 856 g/mol. The first-order chi connectivity index (χ1) is 25.0. The molecular formula is C35H70INO14. The van der Waals surface area contributed by atoms with Crippen LogP contribution in [0.2, 0.25) is 0 Å². The van der Waals surface area contributed by atoms with Crippen LogP contribution in [0.1, 0.15) is 46.5 Å². The third-order valence-corrected chi connectivity index (χ3v) is 6.94. The summed E-state index contributed by atoms with van der Waals surface area (Å²) in [6.07, 6.45) is 4.51. The van der Waals surface area contributed by atoms with Crippen molar-refractivity contribution < 1.29 is 66.4 Å². The summed E-state index contributed by atoms with van der Waals surface area (Å²) in [4.78, 5) is 11.5. The predicted molar refractivity (Wildman–Crippen MR) is 201 cm³/mol. The van der Waals surface area contributed by atoms with Crippen molar-refractivity contribution in [1.29, 1.82) is 0 Å². The fourth-order valence-electron chi connectivity index (χ4n) is 3.71. The van der Waals surface area contributed by atoms with Crippen LogP contribution in [0.5, 0.6) is 0 Å². The van der Waals surface area contributed by atoms with E-state index in [9.17, 15) is 4.79 Å². The van der Waals surface area contributed by atoms with Crippen molar-refractivity contribution in [3.05, 3.63) is 0 Å². The number of carbonyl (C=O) groups excluding carboxylic acids is 1. The lowest BCUT2D eigenvalue weighted by Gasteiger charge is -2.19. The van der Waals surface area contributed by atoms with Gasteiger partial charge in [-0.1, -0.05) is 35.4 Å². The third-order valence-electron chi connectivity index (χ3n) is 6.18. The van der Waals surface area contributed by atoms with Crippen LogP contribution in [-0.2, 0) is 61.6 Å². The van der Waals surface area contributed by atoms with Crippen LogP contribution >= 0.6 is 22.6 Å². The van der Waals surface area contributed by atoms with Gasteiger partial charge in [-0.2, -0.15) is 0 Å². The van der Waals surface area contributed by atoms with Crippen LogP contribution in [0.15, 0.2) is 0 Å². The Labute approximate surface area is 321 Å². The van der Waals surface area contributed by atoms with Gasteiger partial charge in [0.25, 0.3) is 0 Å². The monoisotopic (exact) mass is 855 g/mol. The molecule has 16 heteroatoms. The topological polar surface area (TPSA) is 149 Å². The van der Waals surface area contributed by atoms with Gasteiger partial charge in [0.05, 0.1) is 152 Å². The van der Waals surface area contributed by atoms with E-state index in [-0.39, 0.29) is 0 Å². The van der Waals surface area contributed by atoms with Crippen molar-refractivity contribution in [2.75, 3.05) is 170 Å². The van der Waals surface area contributed by atoms with Crippen molar-refractivity contribution in [3.8, 4) is 0 Å². The minimum absolute atomic E-state index is 0.383. The molecule has 0 rings (SSSR count). The highest BCUT2D eigenvalue weighted by atomic mass is 127. The molecule has 1 N–H and O–H groups in total. The van der Waals surface area contributed by atoms with Gasteiger partial charge in [-0.15, -0.1) is 0 Å². The maximum atomic E-state index is 11.5. The number of unbranched alkanes of at least 4 members (excludes halogenated alkanes) is 3. The van der Waals surface area contributed by atoms with Gasteiger partial charge in [-0.25, -0.2) is 4.79 Å². The molecule has 0 bridgehead atoms. The SMILES string of the molecule is CC(C)(C)OC(=O)NCCOCCOCCOCCOCCOCCOCCOCCOCCOCCOCCOCCOCCCCCCI. The van der Waals surface area contributed by atoms with Crippen molar-refractivity contribution in [3.63, 3.8) is 0 Å². The van der Waals surface area contributed by atoms with E-state index < -0.39 is 11.7 Å². The minimum atomic E-state index is -0.512. The molecule has 306 valence electrons. The summed E-state index contributed by atoms with van der Waals surface area (Å²) in [5, 5.41) is 2.63. The number of alkyl halides is 1. The van der Waals surface area contributed by atoms with Crippen molar-refractivity contribution in [1.82, 2.24) is 5.32 Å². The van der Waals surface area contributed by atoms with Gasteiger partial charge in [-0.3, -0.25) is 0 Å². The van der Waals surface area contributed by atoms with Gasteiger partial charge in [0.1, 0.15) is 5.60 Å². The lowest BCUT2D eigenvalue weighted by atomic mass is 10.2. The Bertz CT molecular complexity index is 693. The van der Waals surface area contributed by atoms with E-state index in [1.807, 2.05) is 20.8 Å². The van der Waals surface area contributed by atoms with Crippen LogP contribution in [-0.4, -0.2) is 181 Å². The molecular weight excluding hydrogens is 785 g/mol. The van der Waals surface area contributed by atoms with Gasteiger partial charge in [-0.05, 0) is 38.0 Å². The Hall–Kier alpha value is -0.480. The van der Waals surface area contributed by atoms with Gasteiger partial charge in [0.2, 0.25) is 0 Å². The van der Waals surface area contributed by atoms with Crippen LogP contribution < -0.4 is 5.32 Å². The number of rotatable bonds is 42. The van der Waals surface area contributed by atoms with Gasteiger partial charge < -0.3 is 66.9 Å². The molecule has 0 spiro atoms. The summed E-state index contributed by atoms with van der Waals surface area (Å²) in [5.74, 6) is 0. The number of carbonyl (C=O) groups is 1. The van der Waals surface area contributed by atoms with Gasteiger partial charge >= 0.3 is 6.09 Å². The van der Waals surface area contributed by atoms with Crippen molar-refractivity contribution in [2.24, 2.45) is 0 Å². The van der Waals surface area contributed by atoms with E-state index >= 15 is 0 Å². The zero-order chi connectivity index (χ0) is 37.2. The molecule has 0 atom stereocenters. The predicted octanol–water partition coefficient (Wildman–Crippen LogP) is 3.71. The highest BCUT2D eigenvalue weighted by molar-refractivity contribution is 14.1. The molecule has 51 heavy (non-hydrogen) atoms. The molecule has 1 amide bonds. The second-order valence-corrected chi connectivity index (χ2v) is 13.0. The molecule has 0 aliphatic carbocycles. The number of amides is 1. The number of ether oxygens (including phenoxy) is 13. The number of hydrogen-bond donors (Lipinski definition) is 1. The Morgan fingerprint density at radius 2 is 0.647 bits per heavy atom. The van der Waals surface area contributed by atoms with Crippen molar-refractivity contribution >= 4 is 28.7 Å². The Kier molecular flexibility index (Phi) is 41.9. The van der Waals surface area contributed by atoms with E-state index in [4.69, 9.17) is 61.6 Å². The van der Waals surface area contributed by atoms with Crippen LogP contribution in [0.4, 0.5) is 4.79 Å². The molecule has 0 unspecified atom stereocenters. The van der Waals surface area contributed by atoms with E-state index in [2.05, 4.69) is 27.9 Å². The van der Waals surface area contributed by atoms with E-state index in [1.54, 1.807) is 0 Å². The first-order valence-corrected chi connectivity index (χ1v) is 19.9. The molecule has 0 aliphatic rings. The van der Waals surface area contributed by atoms with Crippen LogP contribution in [0.3, 0.4) is 0 Å². The zero-order valence-corrected chi connectivity index (χ0v) is 34.0. The van der Waals surface area contributed by atoms with E-state index in [0.717, 1.165) is 13.0 Å². The summed E-state index contributed by atoms with van der Waals surface area (Å²) < 4.78 is 72.2. The third kappa shape index (κ3) is 47.5. The number of hydrogen-bond acceptors (Lipinski definition) is 14. The number of nitrogens with one attached hydrogen (secondary N) is 1. The maximum Gasteiger partial charge on any atom is 0.407 e. The molecule has 0 aromatic carbocycles. The van der Waals surface area contributed by atoms with Gasteiger partial charge in [0.15, 0.2) is 0 Å². The Morgan fingerprint density at radius 1 is 0.392 bits per heavy atom. The highest BCUT2D eigenvalue weighted by Gasteiger charge is 2.15. The summed E-state index contributed by atoms with van der Waals surface area (Å²) >= 11 is 2.42. The maximum absolute atomic E-state index is 11.5. The second kappa shape index (κ2) is 42.3. The fraction of sp³-hybridized carbons (Fsp3) is 0.971. The van der Waals surface area contributed by atoms with Crippen LogP contribution in [0.25, 0.3) is 0 Å². The molecule has 0 saturated heterocycles. The quantitative estimate of drug-likeness (QED) is 0.0541. The smallest absolute Gasteiger partial charge is 0.407 e. The molecule has 0 fully saturated rings. The molecule has 0 aromatic heterocycles. The second-order valence-electron chi connectivity index (χ2n) is 11.9. The molecule has 15 nitrogen and oxygen atoms in total. The summed E-state index contributed by atoms with van der Waals surface area (Å²) in [6.45, 7) is 18.3. The molecule has 0 aliphatic heterocycles. The standard InChI is InChI=1S/C35H70INO14/c1-35(2,3)51-34(38)37-9-11-40-13-15-42-17-19-44-21-23-46-25-27-48-29-31-50-33-32-49-30-28-47-26-24-45-22-20-43-18-16-41-14-12-39-10-7-5-4-6-8-36/h4-33H2,1-3H3,(H,37,38). The van der Waals surface area contributed by atoms with Crippen molar-refractivity contribution in [2.45, 2.75) is 52.1 Å². The van der Waals surface area contributed by atoms with E-state index in [1.165, 1.54) is 23.7 Å². The molecule has 0 saturated carbocycles. The number of alkyl carbamates (subject to hydrolysis) is 1. The summed E-state index contributed by atoms with van der Waals surface area (Å²) in [6, 6.07) is 0.